The molecule has 0 aromatic carbocycles. The lowest BCUT2D eigenvalue weighted by atomic mass is 10.3. The van der Waals surface area contributed by atoms with Crippen molar-refractivity contribution in [1.29, 1.82) is 0 Å². The van der Waals surface area contributed by atoms with Crippen LogP contribution >= 0.6 is 0 Å². The van der Waals surface area contributed by atoms with E-state index in [9.17, 15) is 0 Å². The summed E-state index contributed by atoms with van der Waals surface area (Å²) in [5.74, 6) is 1.43. The molecule has 0 fully saturated rings. The van der Waals surface area contributed by atoms with Crippen LogP contribution in [0.15, 0.2) is 42.7 Å². The highest BCUT2D eigenvalue weighted by Crippen LogP contribution is 2.22. The molecule has 0 aliphatic carbocycles. The summed E-state index contributed by atoms with van der Waals surface area (Å²) in [7, 11) is 1.63. The van der Waals surface area contributed by atoms with E-state index in [2.05, 4.69) is 15.2 Å². The highest BCUT2D eigenvalue weighted by molar-refractivity contribution is 5.59. The molecule has 0 atom stereocenters. The first kappa shape index (κ1) is 9.77. The topological polar surface area (TPSA) is 52.3 Å². The van der Waals surface area contributed by atoms with Crippen LogP contribution in [-0.4, -0.2) is 26.7 Å². The molecule has 0 saturated carbocycles. The maximum Gasteiger partial charge on any atom is 0.200 e. The highest BCUT2D eigenvalue weighted by Gasteiger charge is 2.11. The zero-order valence-electron chi connectivity index (χ0n) is 9.24. The molecule has 0 unspecified atom stereocenters. The molecule has 0 radical (unpaired) electrons. The molecular formula is C12H10N4O. The SMILES string of the molecule is COc1cccc2nnc(-c3cccnc3)n12. The molecule has 3 rings (SSSR count). The molecule has 0 aliphatic heterocycles. The summed E-state index contributed by atoms with van der Waals surface area (Å²) in [4.78, 5) is 4.08. The molecular weight excluding hydrogens is 216 g/mol. The molecule has 0 saturated heterocycles. The van der Waals surface area contributed by atoms with Gasteiger partial charge in [0.15, 0.2) is 11.5 Å². The Hall–Kier alpha value is -2.43. The third-order valence-corrected chi connectivity index (χ3v) is 2.52. The summed E-state index contributed by atoms with van der Waals surface area (Å²) >= 11 is 0. The maximum absolute atomic E-state index is 5.31. The van der Waals surface area contributed by atoms with Crippen molar-refractivity contribution in [1.82, 2.24) is 19.6 Å². The second-order valence-corrected chi connectivity index (χ2v) is 3.53. The van der Waals surface area contributed by atoms with Gasteiger partial charge >= 0.3 is 0 Å². The molecule has 3 aromatic rings. The van der Waals surface area contributed by atoms with Crippen molar-refractivity contribution in [2.45, 2.75) is 0 Å². The molecule has 17 heavy (non-hydrogen) atoms. The lowest BCUT2D eigenvalue weighted by Crippen LogP contribution is -1.96. The number of aromatic nitrogens is 4. The number of pyridine rings is 2. The van der Waals surface area contributed by atoms with Crippen molar-refractivity contribution in [2.75, 3.05) is 7.11 Å². The van der Waals surface area contributed by atoms with Gasteiger partial charge in [-0.15, -0.1) is 10.2 Å². The van der Waals surface area contributed by atoms with Gasteiger partial charge in [0.05, 0.1) is 7.11 Å². The van der Waals surface area contributed by atoms with E-state index >= 15 is 0 Å². The number of methoxy groups -OCH3 is 1. The predicted molar refractivity (Wildman–Crippen MR) is 62.8 cm³/mol. The Morgan fingerprint density at radius 1 is 1.12 bits per heavy atom. The molecule has 3 heterocycles. The second kappa shape index (κ2) is 3.86. The lowest BCUT2D eigenvalue weighted by molar-refractivity contribution is 0.393. The van der Waals surface area contributed by atoms with E-state index in [1.54, 1.807) is 19.5 Å². The highest BCUT2D eigenvalue weighted by atomic mass is 16.5. The Morgan fingerprint density at radius 2 is 2.06 bits per heavy atom. The second-order valence-electron chi connectivity index (χ2n) is 3.53. The molecule has 0 N–H and O–H groups in total. The van der Waals surface area contributed by atoms with Gasteiger partial charge in [-0.1, -0.05) is 6.07 Å². The van der Waals surface area contributed by atoms with Crippen molar-refractivity contribution >= 4 is 5.65 Å². The average Bonchev–Trinajstić information content (AvgIpc) is 2.83. The first-order valence-electron chi connectivity index (χ1n) is 5.18. The van der Waals surface area contributed by atoms with Gasteiger partial charge in [-0.3, -0.25) is 4.98 Å². The number of hydrogen-bond acceptors (Lipinski definition) is 4. The van der Waals surface area contributed by atoms with E-state index in [0.717, 1.165) is 17.0 Å². The summed E-state index contributed by atoms with van der Waals surface area (Å²) in [6.45, 7) is 0. The summed E-state index contributed by atoms with van der Waals surface area (Å²) < 4.78 is 7.17. The molecule has 0 aliphatic rings. The first-order chi connectivity index (χ1) is 8.40. The van der Waals surface area contributed by atoms with Crippen molar-refractivity contribution in [3.63, 3.8) is 0 Å². The summed E-state index contributed by atoms with van der Waals surface area (Å²) in [5.41, 5.74) is 1.66. The molecule has 5 nitrogen and oxygen atoms in total. The molecule has 0 spiro atoms. The zero-order chi connectivity index (χ0) is 11.7. The van der Waals surface area contributed by atoms with Crippen LogP contribution in [0.5, 0.6) is 5.88 Å². The monoisotopic (exact) mass is 226 g/mol. The summed E-state index contributed by atoms with van der Waals surface area (Å²) in [6.07, 6.45) is 3.48. The Morgan fingerprint density at radius 3 is 2.82 bits per heavy atom. The summed E-state index contributed by atoms with van der Waals surface area (Å²) in [6, 6.07) is 9.45. The standard InChI is InChI=1S/C12H10N4O/c1-17-11-6-2-5-10-14-15-12(16(10)11)9-4-3-7-13-8-9/h2-8H,1H3. The van der Waals surface area contributed by atoms with Crippen LogP contribution in [-0.2, 0) is 0 Å². The Labute approximate surface area is 97.7 Å². The predicted octanol–water partition coefficient (Wildman–Crippen LogP) is 1.80. The minimum Gasteiger partial charge on any atom is -0.482 e. The van der Waals surface area contributed by atoms with Crippen LogP contribution in [0.4, 0.5) is 0 Å². The molecule has 3 aromatic heterocycles. The largest absolute Gasteiger partial charge is 0.482 e. The Balaban J connectivity index is 2.31. The molecule has 5 heteroatoms. The lowest BCUT2D eigenvalue weighted by Gasteiger charge is -2.05. The van der Waals surface area contributed by atoms with E-state index in [-0.39, 0.29) is 0 Å². The minimum absolute atomic E-state index is 0.700. The number of fused-ring (bicyclic) bond motifs is 1. The van der Waals surface area contributed by atoms with E-state index in [0.29, 0.717) is 5.88 Å². The van der Waals surface area contributed by atoms with E-state index in [1.807, 2.05) is 34.7 Å². The van der Waals surface area contributed by atoms with Crippen LogP contribution < -0.4 is 4.74 Å². The van der Waals surface area contributed by atoms with Crippen LogP contribution in [0.3, 0.4) is 0 Å². The third kappa shape index (κ3) is 1.52. The fourth-order valence-corrected chi connectivity index (χ4v) is 1.75. The maximum atomic E-state index is 5.31. The van der Waals surface area contributed by atoms with Gasteiger partial charge < -0.3 is 4.74 Å². The fraction of sp³-hybridized carbons (Fsp3) is 0.0833. The minimum atomic E-state index is 0.700. The van der Waals surface area contributed by atoms with Crippen molar-refractivity contribution in [3.05, 3.63) is 42.7 Å². The first-order valence-corrected chi connectivity index (χ1v) is 5.18. The van der Waals surface area contributed by atoms with Crippen LogP contribution in [0, 0.1) is 0 Å². The quantitative estimate of drug-likeness (QED) is 0.668. The van der Waals surface area contributed by atoms with Gasteiger partial charge in [0.25, 0.3) is 0 Å². The van der Waals surface area contributed by atoms with Gasteiger partial charge in [0, 0.05) is 18.0 Å². The fourth-order valence-electron chi connectivity index (χ4n) is 1.75. The number of rotatable bonds is 2. The van der Waals surface area contributed by atoms with Gasteiger partial charge in [0.2, 0.25) is 5.88 Å². The Kier molecular flexibility index (Phi) is 2.22. The normalized spacial score (nSPS) is 10.6. The Bertz CT molecular complexity index is 648. The molecule has 0 amide bonds. The van der Waals surface area contributed by atoms with Crippen LogP contribution in [0.1, 0.15) is 0 Å². The third-order valence-electron chi connectivity index (χ3n) is 2.52. The summed E-state index contributed by atoms with van der Waals surface area (Å²) in [5, 5.41) is 8.28. The van der Waals surface area contributed by atoms with Gasteiger partial charge in [-0.05, 0) is 24.3 Å². The smallest absolute Gasteiger partial charge is 0.200 e. The van der Waals surface area contributed by atoms with Gasteiger partial charge in [-0.2, -0.15) is 0 Å². The van der Waals surface area contributed by atoms with E-state index in [1.165, 1.54) is 0 Å². The van der Waals surface area contributed by atoms with Crippen molar-refractivity contribution < 1.29 is 4.74 Å². The molecule has 84 valence electrons. The number of hydrogen-bond donors (Lipinski definition) is 0. The van der Waals surface area contributed by atoms with Crippen molar-refractivity contribution in [2.24, 2.45) is 0 Å². The van der Waals surface area contributed by atoms with Gasteiger partial charge in [0.1, 0.15) is 0 Å². The van der Waals surface area contributed by atoms with E-state index in [4.69, 9.17) is 4.74 Å². The van der Waals surface area contributed by atoms with Crippen LogP contribution in [0.25, 0.3) is 17.0 Å². The molecule has 0 bridgehead atoms. The van der Waals surface area contributed by atoms with Crippen molar-refractivity contribution in [3.8, 4) is 17.3 Å². The van der Waals surface area contributed by atoms with E-state index < -0.39 is 0 Å². The zero-order valence-corrected chi connectivity index (χ0v) is 9.24. The van der Waals surface area contributed by atoms with Gasteiger partial charge in [-0.25, -0.2) is 4.40 Å². The number of nitrogens with zero attached hydrogens (tertiary/aromatic N) is 4. The average molecular weight is 226 g/mol. The van der Waals surface area contributed by atoms with Crippen LogP contribution in [0.2, 0.25) is 0 Å². The number of ether oxygens (including phenoxy) is 1.